The zero-order valence-corrected chi connectivity index (χ0v) is 6.19. The summed E-state index contributed by atoms with van der Waals surface area (Å²) in [5, 5.41) is 3.86. The Morgan fingerprint density at radius 1 is 1.64 bits per heavy atom. The highest BCUT2D eigenvalue weighted by atomic mass is 16.1. The lowest BCUT2D eigenvalue weighted by Gasteiger charge is -1.94. The third-order valence-electron chi connectivity index (χ3n) is 1.21. The van der Waals surface area contributed by atoms with Crippen LogP contribution in [-0.4, -0.2) is 18.0 Å². The van der Waals surface area contributed by atoms with Crippen molar-refractivity contribution in [1.82, 2.24) is 9.99 Å². The van der Waals surface area contributed by atoms with E-state index in [1.807, 2.05) is 6.07 Å². The maximum absolute atomic E-state index is 10.4. The lowest BCUT2D eigenvalue weighted by Crippen LogP contribution is -2.21. The Kier molecular flexibility index (Phi) is 2.43. The van der Waals surface area contributed by atoms with Crippen molar-refractivity contribution in [3.8, 4) is 0 Å². The Labute approximate surface area is 64.2 Å². The quantitative estimate of drug-likeness (QED) is 0.460. The second-order valence-corrected chi connectivity index (χ2v) is 1.91. The van der Waals surface area contributed by atoms with Crippen LogP contribution in [-0.2, 0) is 4.79 Å². The van der Waals surface area contributed by atoms with Crippen molar-refractivity contribution in [2.24, 2.45) is 5.10 Å². The summed E-state index contributed by atoms with van der Waals surface area (Å²) >= 11 is 0. The first-order chi connectivity index (χ1) is 5.38. The SMILES string of the molecule is CN/N=c1/ccccn1C=O. The van der Waals surface area contributed by atoms with Gasteiger partial charge in [0.15, 0.2) is 5.49 Å². The summed E-state index contributed by atoms with van der Waals surface area (Å²) in [5.41, 5.74) is 3.19. The summed E-state index contributed by atoms with van der Waals surface area (Å²) in [6.45, 7) is 0. The van der Waals surface area contributed by atoms with E-state index < -0.39 is 0 Å². The van der Waals surface area contributed by atoms with E-state index in [1.54, 1.807) is 25.4 Å². The molecule has 0 bridgehead atoms. The van der Waals surface area contributed by atoms with Crippen LogP contribution in [0.1, 0.15) is 0 Å². The highest BCUT2D eigenvalue weighted by molar-refractivity contribution is 5.51. The van der Waals surface area contributed by atoms with Gasteiger partial charge in [-0.3, -0.25) is 9.36 Å². The van der Waals surface area contributed by atoms with E-state index in [0.717, 1.165) is 0 Å². The van der Waals surface area contributed by atoms with Crippen LogP contribution in [0.4, 0.5) is 0 Å². The van der Waals surface area contributed by atoms with Gasteiger partial charge in [-0.25, -0.2) is 0 Å². The molecule has 1 aromatic heterocycles. The molecule has 0 unspecified atom stereocenters. The van der Waals surface area contributed by atoms with Gasteiger partial charge in [0.25, 0.3) is 0 Å². The second-order valence-electron chi connectivity index (χ2n) is 1.91. The van der Waals surface area contributed by atoms with Crippen LogP contribution < -0.4 is 10.9 Å². The largest absolute Gasteiger partial charge is 0.311 e. The summed E-state index contributed by atoms with van der Waals surface area (Å²) in [4.78, 5) is 10.4. The van der Waals surface area contributed by atoms with E-state index in [-0.39, 0.29) is 0 Å². The normalized spacial score (nSPS) is 11.2. The van der Waals surface area contributed by atoms with Crippen LogP contribution in [0.3, 0.4) is 0 Å². The Bertz CT molecular complexity index is 303. The van der Waals surface area contributed by atoms with Crippen molar-refractivity contribution >= 4 is 6.41 Å². The van der Waals surface area contributed by atoms with Gasteiger partial charge in [0.1, 0.15) is 0 Å². The molecule has 1 rings (SSSR count). The topological polar surface area (TPSA) is 46.4 Å². The van der Waals surface area contributed by atoms with Crippen LogP contribution in [0.5, 0.6) is 0 Å². The monoisotopic (exact) mass is 151 g/mol. The predicted molar refractivity (Wildman–Crippen MR) is 41.2 cm³/mol. The molecule has 58 valence electrons. The molecule has 1 heterocycles. The van der Waals surface area contributed by atoms with E-state index in [2.05, 4.69) is 10.5 Å². The lowest BCUT2D eigenvalue weighted by molar-refractivity contribution is 0.544. The van der Waals surface area contributed by atoms with Crippen LogP contribution in [0.25, 0.3) is 0 Å². The van der Waals surface area contributed by atoms with Crippen LogP contribution in [0.15, 0.2) is 29.5 Å². The minimum Gasteiger partial charge on any atom is -0.311 e. The van der Waals surface area contributed by atoms with Gasteiger partial charge in [-0.1, -0.05) is 6.07 Å². The van der Waals surface area contributed by atoms with E-state index >= 15 is 0 Å². The maximum Gasteiger partial charge on any atom is 0.219 e. The van der Waals surface area contributed by atoms with Crippen molar-refractivity contribution in [3.05, 3.63) is 29.9 Å². The molecule has 0 aromatic carbocycles. The number of nitrogens with one attached hydrogen (secondary N) is 1. The number of nitrogens with zero attached hydrogens (tertiary/aromatic N) is 2. The summed E-state index contributed by atoms with van der Waals surface area (Å²) in [6, 6.07) is 5.32. The number of hydrogen-bond acceptors (Lipinski definition) is 3. The Morgan fingerprint density at radius 3 is 3.09 bits per heavy atom. The van der Waals surface area contributed by atoms with Gasteiger partial charge in [-0.2, -0.15) is 5.10 Å². The number of pyridine rings is 1. The molecule has 0 saturated carbocycles. The van der Waals surface area contributed by atoms with Gasteiger partial charge in [-0.05, 0) is 12.1 Å². The summed E-state index contributed by atoms with van der Waals surface area (Å²) in [5.74, 6) is 0. The third-order valence-corrected chi connectivity index (χ3v) is 1.21. The number of carbonyl (C=O) groups excluding carboxylic acids is 1. The molecule has 4 heteroatoms. The first-order valence-corrected chi connectivity index (χ1v) is 3.21. The summed E-state index contributed by atoms with van der Waals surface area (Å²) < 4.78 is 1.39. The van der Waals surface area contributed by atoms with Crippen LogP contribution in [0.2, 0.25) is 0 Å². The molecule has 0 saturated heterocycles. The van der Waals surface area contributed by atoms with Crippen molar-refractivity contribution in [3.63, 3.8) is 0 Å². The molecule has 0 spiro atoms. The Balaban J connectivity index is 3.23. The number of aromatic nitrogens is 1. The maximum atomic E-state index is 10.4. The molecule has 0 amide bonds. The van der Waals surface area contributed by atoms with Gasteiger partial charge in [0.05, 0.1) is 0 Å². The molecule has 0 aliphatic heterocycles. The molecule has 4 nitrogen and oxygen atoms in total. The Morgan fingerprint density at radius 2 is 2.45 bits per heavy atom. The van der Waals surface area contributed by atoms with Crippen LogP contribution >= 0.6 is 0 Å². The molecule has 1 aromatic rings. The number of hydrogen-bond donors (Lipinski definition) is 1. The lowest BCUT2D eigenvalue weighted by atomic mass is 10.5. The van der Waals surface area contributed by atoms with Gasteiger partial charge < -0.3 is 5.43 Å². The number of rotatable bonds is 2. The first kappa shape index (κ1) is 7.53. The van der Waals surface area contributed by atoms with Crippen molar-refractivity contribution in [2.45, 2.75) is 0 Å². The molecular formula is C7H9N3O. The highest BCUT2D eigenvalue weighted by Crippen LogP contribution is 1.75. The standard InChI is InChI=1S/C7H9N3O/c1-8-9-7-4-2-3-5-10(7)6-11/h2-6,8H,1H3/b9-7-. The molecule has 11 heavy (non-hydrogen) atoms. The fourth-order valence-electron chi connectivity index (χ4n) is 0.745. The second kappa shape index (κ2) is 3.55. The zero-order valence-electron chi connectivity index (χ0n) is 6.19. The number of carbonyl (C=O) groups is 1. The van der Waals surface area contributed by atoms with Gasteiger partial charge in [-0.15, -0.1) is 0 Å². The fraction of sp³-hybridized carbons (Fsp3) is 0.143. The Hall–Kier alpha value is -1.58. The highest BCUT2D eigenvalue weighted by Gasteiger charge is 1.85. The average Bonchev–Trinajstić information content (AvgIpc) is 2.06. The fourth-order valence-corrected chi connectivity index (χ4v) is 0.745. The van der Waals surface area contributed by atoms with Crippen molar-refractivity contribution < 1.29 is 4.79 Å². The minimum atomic E-state index is 0.588. The van der Waals surface area contributed by atoms with E-state index in [0.29, 0.717) is 11.9 Å². The van der Waals surface area contributed by atoms with E-state index in [4.69, 9.17) is 0 Å². The summed E-state index contributed by atoms with van der Waals surface area (Å²) in [6.07, 6.45) is 2.35. The molecule has 0 atom stereocenters. The zero-order chi connectivity index (χ0) is 8.10. The predicted octanol–water partition coefficient (Wildman–Crippen LogP) is -0.439. The first-order valence-electron chi connectivity index (χ1n) is 3.21. The van der Waals surface area contributed by atoms with Crippen LogP contribution in [0, 0.1) is 0 Å². The molecule has 0 aliphatic carbocycles. The molecule has 0 fully saturated rings. The van der Waals surface area contributed by atoms with Crippen molar-refractivity contribution in [1.29, 1.82) is 0 Å². The van der Waals surface area contributed by atoms with Crippen molar-refractivity contribution in [2.75, 3.05) is 7.05 Å². The van der Waals surface area contributed by atoms with Gasteiger partial charge in [0, 0.05) is 13.2 Å². The molecule has 0 aliphatic rings. The summed E-state index contributed by atoms with van der Waals surface area (Å²) in [7, 11) is 1.68. The van der Waals surface area contributed by atoms with E-state index in [9.17, 15) is 4.79 Å². The van der Waals surface area contributed by atoms with Gasteiger partial charge >= 0.3 is 0 Å². The molecular weight excluding hydrogens is 142 g/mol. The van der Waals surface area contributed by atoms with E-state index in [1.165, 1.54) is 4.57 Å². The smallest absolute Gasteiger partial charge is 0.219 e. The third kappa shape index (κ3) is 1.67. The average molecular weight is 151 g/mol. The minimum absolute atomic E-state index is 0.588. The molecule has 0 radical (unpaired) electrons. The molecule has 1 N–H and O–H groups in total. The van der Waals surface area contributed by atoms with Gasteiger partial charge in [0.2, 0.25) is 6.41 Å².